The van der Waals surface area contributed by atoms with E-state index in [4.69, 9.17) is 18.9 Å². The second-order valence-electron chi connectivity index (χ2n) is 11.8. The summed E-state index contributed by atoms with van der Waals surface area (Å²) < 4.78 is 22.3. The van der Waals surface area contributed by atoms with Crippen molar-refractivity contribution in [1.82, 2.24) is 5.32 Å². The Morgan fingerprint density at radius 3 is 2.09 bits per heavy atom. The van der Waals surface area contributed by atoms with E-state index < -0.39 is 28.4 Å². The van der Waals surface area contributed by atoms with Gasteiger partial charge in [0, 0.05) is 16.9 Å². The number of benzene rings is 4. The molecule has 5 rings (SSSR count). The fraction of sp³-hybridized carbons (Fsp3) is 0.278. The molecule has 11 nitrogen and oxygen atoms in total. The van der Waals surface area contributed by atoms with Gasteiger partial charge in [-0.05, 0) is 46.9 Å². The number of carboxylic acids is 1. The first-order chi connectivity index (χ1) is 22.5. The Hall–Kier alpha value is -5.58. The van der Waals surface area contributed by atoms with Crippen LogP contribution in [0, 0.1) is 17.0 Å². The second kappa shape index (κ2) is 13.4. The van der Waals surface area contributed by atoms with E-state index in [0.29, 0.717) is 22.6 Å². The molecule has 0 saturated carbocycles. The summed E-state index contributed by atoms with van der Waals surface area (Å²) in [4.78, 5) is 37.2. The minimum atomic E-state index is -1.42. The van der Waals surface area contributed by atoms with Gasteiger partial charge in [0.05, 0.1) is 30.8 Å². The molecule has 0 aromatic heterocycles. The highest BCUT2D eigenvalue weighted by Crippen LogP contribution is 2.45. The summed E-state index contributed by atoms with van der Waals surface area (Å²) in [5.74, 6) is -0.668. The highest BCUT2D eigenvalue weighted by atomic mass is 16.6. The minimum absolute atomic E-state index is 0.0233. The Labute approximate surface area is 272 Å². The molecule has 11 heteroatoms. The van der Waals surface area contributed by atoms with E-state index >= 15 is 0 Å². The van der Waals surface area contributed by atoms with E-state index in [9.17, 15) is 24.8 Å². The molecule has 0 saturated heterocycles. The zero-order chi connectivity index (χ0) is 33.9. The number of aliphatic carboxylic acids is 1. The molecular formula is C36H36N2O9. The van der Waals surface area contributed by atoms with Gasteiger partial charge in [0.15, 0.2) is 11.5 Å². The molecule has 1 unspecified atom stereocenters. The average molecular weight is 641 g/mol. The highest BCUT2D eigenvalue weighted by Gasteiger charge is 2.41. The first kappa shape index (κ1) is 32.8. The molecule has 1 aliphatic rings. The molecule has 4 aromatic carbocycles. The maximum atomic E-state index is 13.2. The zero-order valence-corrected chi connectivity index (χ0v) is 26.7. The number of nitro groups is 1. The van der Waals surface area contributed by atoms with E-state index in [1.165, 1.54) is 26.4 Å². The third kappa shape index (κ3) is 6.42. The minimum Gasteiger partial charge on any atom is -0.493 e. The van der Waals surface area contributed by atoms with Gasteiger partial charge >= 0.3 is 12.1 Å². The number of ether oxygens (including phenoxy) is 4. The third-order valence-corrected chi connectivity index (χ3v) is 8.62. The van der Waals surface area contributed by atoms with E-state index in [2.05, 4.69) is 5.32 Å². The van der Waals surface area contributed by atoms with E-state index in [1.807, 2.05) is 48.5 Å². The SMILES string of the molecule is COc1cc(COc2cccc(C)c2C(C)(C)C(NC(=O)OCC2c3ccccc3-c3ccccc32)C(=O)O)c([N+](=O)[O-])cc1OC. The molecule has 0 aliphatic heterocycles. The standard InChI is InChI=1S/C36H36N2O9/c1-21-11-10-16-29(46-19-22-17-30(44-4)31(45-5)18-28(22)38(42)43)32(21)36(2,3)33(34(39)40)37-35(41)47-20-27-25-14-8-6-12-23(25)24-13-7-9-15-26(24)27/h6-18,27,33H,19-20H2,1-5H3,(H,37,41)(H,39,40). The number of hydrogen-bond acceptors (Lipinski definition) is 8. The van der Waals surface area contributed by atoms with Crippen molar-refractivity contribution in [2.75, 3.05) is 20.8 Å². The van der Waals surface area contributed by atoms with Crippen LogP contribution in [0.25, 0.3) is 11.1 Å². The fourth-order valence-corrected chi connectivity index (χ4v) is 6.39. The van der Waals surface area contributed by atoms with Crippen LogP contribution in [0.15, 0.2) is 78.9 Å². The van der Waals surface area contributed by atoms with Gasteiger partial charge in [-0.25, -0.2) is 9.59 Å². The Balaban J connectivity index is 1.37. The summed E-state index contributed by atoms with van der Waals surface area (Å²) in [5.41, 5.74) is 4.22. The normalized spacial score (nSPS) is 12.8. The molecule has 0 spiro atoms. The van der Waals surface area contributed by atoms with Crippen LogP contribution < -0.4 is 19.5 Å². The number of nitrogens with zero attached hydrogens (tertiary/aromatic N) is 1. The number of methoxy groups -OCH3 is 2. The largest absolute Gasteiger partial charge is 0.493 e. The van der Waals surface area contributed by atoms with Gasteiger partial charge in [0.1, 0.15) is 25.0 Å². The van der Waals surface area contributed by atoms with Crippen molar-refractivity contribution in [3.05, 3.63) is 117 Å². The lowest BCUT2D eigenvalue weighted by Crippen LogP contribution is -2.53. The third-order valence-electron chi connectivity index (χ3n) is 8.62. The van der Waals surface area contributed by atoms with Crippen molar-refractivity contribution in [1.29, 1.82) is 0 Å². The van der Waals surface area contributed by atoms with Crippen LogP contribution in [0.4, 0.5) is 10.5 Å². The first-order valence-electron chi connectivity index (χ1n) is 14.9. The van der Waals surface area contributed by atoms with Crippen LogP contribution in [0.2, 0.25) is 0 Å². The number of carbonyl (C=O) groups excluding carboxylic acids is 1. The fourth-order valence-electron chi connectivity index (χ4n) is 6.39. The van der Waals surface area contributed by atoms with Crippen molar-refractivity contribution < 1.29 is 38.6 Å². The zero-order valence-electron chi connectivity index (χ0n) is 26.7. The van der Waals surface area contributed by atoms with Gasteiger partial charge in [-0.1, -0.05) is 74.5 Å². The van der Waals surface area contributed by atoms with Gasteiger partial charge in [0.25, 0.3) is 5.69 Å². The van der Waals surface area contributed by atoms with Crippen molar-refractivity contribution in [3.63, 3.8) is 0 Å². The van der Waals surface area contributed by atoms with Crippen LogP contribution >= 0.6 is 0 Å². The van der Waals surface area contributed by atoms with Crippen molar-refractivity contribution in [3.8, 4) is 28.4 Å². The first-order valence-corrected chi connectivity index (χ1v) is 14.9. The molecule has 244 valence electrons. The van der Waals surface area contributed by atoms with Gasteiger partial charge < -0.3 is 29.4 Å². The Morgan fingerprint density at radius 1 is 0.915 bits per heavy atom. The van der Waals surface area contributed by atoms with Gasteiger partial charge in [-0.15, -0.1) is 0 Å². The summed E-state index contributed by atoms with van der Waals surface area (Å²) in [6.07, 6.45) is -0.871. The van der Waals surface area contributed by atoms with Crippen molar-refractivity contribution >= 4 is 17.7 Å². The van der Waals surface area contributed by atoms with E-state index in [1.54, 1.807) is 39.0 Å². The second-order valence-corrected chi connectivity index (χ2v) is 11.8. The van der Waals surface area contributed by atoms with E-state index in [-0.39, 0.29) is 36.1 Å². The number of rotatable bonds is 12. The number of alkyl carbamates (subject to hydrolysis) is 1. The number of hydrogen-bond donors (Lipinski definition) is 2. The number of carbonyl (C=O) groups is 2. The maximum absolute atomic E-state index is 13.2. The monoisotopic (exact) mass is 640 g/mol. The lowest BCUT2D eigenvalue weighted by molar-refractivity contribution is -0.385. The topological polar surface area (TPSA) is 146 Å². The molecule has 0 bridgehead atoms. The molecule has 0 heterocycles. The summed E-state index contributed by atoms with van der Waals surface area (Å²) in [6.45, 7) is 4.97. The van der Waals surface area contributed by atoms with Gasteiger partial charge in [-0.3, -0.25) is 10.1 Å². The summed E-state index contributed by atoms with van der Waals surface area (Å²) >= 11 is 0. The number of amides is 1. The van der Waals surface area contributed by atoms with Crippen LogP contribution in [-0.4, -0.2) is 49.0 Å². The molecule has 1 aliphatic carbocycles. The summed E-state index contributed by atoms with van der Waals surface area (Å²) in [5, 5.41) is 24.8. The van der Waals surface area contributed by atoms with Crippen LogP contribution in [0.3, 0.4) is 0 Å². The Bertz CT molecular complexity index is 1790. The Morgan fingerprint density at radius 2 is 1.51 bits per heavy atom. The molecule has 1 amide bonds. The smallest absolute Gasteiger partial charge is 0.407 e. The van der Waals surface area contributed by atoms with Gasteiger partial charge in [0.2, 0.25) is 0 Å². The molecule has 0 radical (unpaired) electrons. The molecule has 1 atom stereocenters. The maximum Gasteiger partial charge on any atom is 0.407 e. The predicted octanol–water partition coefficient (Wildman–Crippen LogP) is 6.77. The molecule has 0 fully saturated rings. The molecule has 47 heavy (non-hydrogen) atoms. The number of aryl methyl sites for hydroxylation is 1. The number of carboxylic acid groups (broad SMARTS) is 1. The van der Waals surface area contributed by atoms with Crippen LogP contribution in [0.5, 0.6) is 17.2 Å². The lowest BCUT2D eigenvalue weighted by Gasteiger charge is -2.34. The summed E-state index contributed by atoms with van der Waals surface area (Å²) in [7, 11) is 2.80. The quantitative estimate of drug-likeness (QED) is 0.127. The number of nitro benzene ring substituents is 1. The van der Waals surface area contributed by atoms with E-state index in [0.717, 1.165) is 22.3 Å². The lowest BCUT2D eigenvalue weighted by atomic mass is 9.75. The molecule has 4 aromatic rings. The average Bonchev–Trinajstić information content (AvgIpc) is 3.37. The predicted molar refractivity (Wildman–Crippen MR) is 174 cm³/mol. The van der Waals surface area contributed by atoms with Gasteiger partial charge in [-0.2, -0.15) is 0 Å². The van der Waals surface area contributed by atoms with Crippen molar-refractivity contribution in [2.24, 2.45) is 0 Å². The van der Waals surface area contributed by atoms with Crippen molar-refractivity contribution in [2.45, 2.75) is 44.8 Å². The number of nitrogens with one attached hydrogen (secondary N) is 1. The van der Waals surface area contributed by atoms with Crippen LogP contribution in [-0.2, 0) is 21.6 Å². The summed E-state index contributed by atoms with van der Waals surface area (Å²) in [6, 6.07) is 22.4. The number of fused-ring (bicyclic) bond motifs is 3. The Kier molecular flexibility index (Phi) is 9.36. The molecular weight excluding hydrogens is 604 g/mol. The van der Waals surface area contributed by atoms with Crippen LogP contribution in [0.1, 0.15) is 47.6 Å². The highest BCUT2D eigenvalue weighted by molar-refractivity contribution is 5.83. The molecule has 2 N–H and O–H groups in total.